The number of nitrogens with zero attached hydrogens (tertiary/aromatic N) is 1. The van der Waals surface area contributed by atoms with Gasteiger partial charge >= 0.3 is 0 Å². The van der Waals surface area contributed by atoms with Crippen molar-refractivity contribution in [2.24, 2.45) is 0 Å². The lowest BCUT2D eigenvalue weighted by Crippen LogP contribution is -2.29. The molecule has 0 heterocycles. The van der Waals surface area contributed by atoms with Crippen molar-refractivity contribution in [2.75, 3.05) is 15.9 Å². The maximum Gasteiger partial charge on any atom is 0.255 e. The molecule has 0 unspecified atom stereocenters. The molecule has 0 saturated heterocycles. The first-order chi connectivity index (χ1) is 15.5. The molecule has 0 fully saturated rings. The third kappa shape index (κ3) is 5.88. The number of anilines is 2. The minimum absolute atomic E-state index is 0.0517. The van der Waals surface area contributed by atoms with Gasteiger partial charge in [-0.1, -0.05) is 73.4 Å². The largest absolute Gasteiger partial charge is 0.321 e. The summed E-state index contributed by atoms with van der Waals surface area (Å²) in [5.41, 5.74) is 4.36. The zero-order valence-corrected chi connectivity index (χ0v) is 21.2. The highest BCUT2D eigenvalue weighted by Crippen LogP contribution is 2.34. The standard InChI is InChI=1S/C25H26Cl2N2O3S/c1-16(2)20-8-5-7-17(3)24(20)28-25(30)19-13-11-18(12-14-19)15-29(33(4,31)32)22-10-6-9-21(26)23(22)27/h5-14,16H,15H2,1-4H3,(H,28,30). The summed E-state index contributed by atoms with van der Waals surface area (Å²) in [7, 11) is -3.63. The molecule has 174 valence electrons. The van der Waals surface area contributed by atoms with Crippen molar-refractivity contribution >= 4 is 50.5 Å². The van der Waals surface area contributed by atoms with E-state index in [-0.39, 0.29) is 28.4 Å². The zero-order chi connectivity index (χ0) is 24.3. The van der Waals surface area contributed by atoms with E-state index in [1.165, 1.54) is 4.31 Å². The number of carbonyl (C=O) groups is 1. The van der Waals surface area contributed by atoms with Crippen LogP contribution in [0.3, 0.4) is 0 Å². The molecule has 0 saturated carbocycles. The van der Waals surface area contributed by atoms with Gasteiger partial charge in [-0.25, -0.2) is 8.42 Å². The summed E-state index contributed by atoms with van der Waals surface area (Å²) < 4.78 is 26.1. The van der Waals surface area contributed by atoms with Crippen LogP contribution in [0.5, 0.6) is 0 Å². The van der Waals surface area contributed by atoms with E-state index in [0.717, 1.165) is 23.1 Å². The molecule has 33 heavy (non-hydrogen) atoms. The number of aryl methyl sites for hydroxylation is 1. The molecule has 0 bridgehead atoms. The molecule has 0 aromatic heterocycles. The summed E-state index contributed by atoms with van der Waals surface area (Å²) in [5, 5.41) is 3.46. The van der Waals surface area contributed by atoms with E-state index in [9.17, 15) is 13.2 Å². The maximum absolute atomic E-state index is 12.9. The van der Waals surface area contributed by atoms with Crippen LogP contribution in [-0.4, -0.2) is 20.6 Å². The van der Waals surface area contributed by atoms with Crippen LogP contribution in [0, 0.1) is 6.92 Å². The number of benzene rings is 3. The Morgan fingerprint density at radius 1 is 1.00 bits per heavy atom. The van der Waals surface area contributed by atoms with Crippen molar-refractivity contribution in [3.05, 3.63) is 93.0 Å². The van der Waals surface area contributed by atoms with Gasteiger partial charge in [-0.15, -0.1) is 0 Å². The number of nitrogens with one attached hydrogen (secondary N) is 1. The third-order valence-corrected chi connectivity index (χ3v) is 7.24. The summed E-state index contributed by atoms with van der Waals surface area (Å²) in [5.74, 6) is 0.0403. The zero-order valence-electron chi connectivity index (χ0n) is 18.9. The first kappa shape index (κ1) is 25.1. The van der Waals surface area contributed by atoms with E-state index in [1.807, 2.05) is 25.1 Å². The average molecular weight is 505 g/mol. The van der Waals surface area contributed by atoms with Crippen LogP contribution in [0.15, 0.2) is 60.7 Å². The third-order valence-electron chi connectivity index (χ3n) is 5.31. The average Bonchev–Trinajstić information content (AvgIpc) is 2.75. The van der Waals surface area contributed by atoms with Crippen molar-refractivity contribution in [3.63, 3.8) is 0 Å². The number of rotatable bonds is 7. The smallest absolute Gasteiger partial charge is 0.255 e. The van der Waals surface area contributed by atoms with E-state index < -0.39 is 10.0 Å². The minimum Gasteiger partial charge on any atom is -0.321 e. The summed E-state index contributed by atoms with van der Waals surface area (Å²) in [6, 6.07) is 17.6. The van der Waals surface area contributed by atoms with Gasteiger partial charge in [-0.2, -0.15) is 0 Å². The molecule has 0 aliphatic heterocycles. The van der Waals surface area contributed by atoms with Crippen molar-refractivity contribution < 1.29 is 13.2 Å². The Morgan fingerprint density at radius 2 is 1.64 bits per heavy atom. The van der Waals surface area contributed by atoms with Gasteiger partial charge in [0.25, 0.3) is 5.91 Å². The van der Waals surface area contributed by atoms with E-state index >= 15 is 0 Å². The first-order valence-corrected chi connectivity index (χ1v) is 13.0. The normalized spacial score (nSPS) is 11.5. The fourth-order valence-electron chi connectivity index (χ4n) is 3.52. The summed E-state index contributed by atoms with van der Waals surface area (Å²) >= 11 is 12.3. The highest BCUT2D eigenvalue weighted by Gasteiger charge is 2.22. The van der Waals surface area contributed by atoms with Crippen LogP contribution in [0.2, 0.25) is 10.0 Å². The molecular formula is C25H26Cl2N2O3S. The van der Waals surface area contributed by atoms with Crippen LogP contribution in [0.1, 0.15) is 46.8 Å². The molecule has 3 aromatic carbocycles. The molecule has 0 spiro atoms. The number of sulfonamides is 1. The van der Waals surface area contributed by atoms with Gasteiger partial charge in [0.15, 0.2) is 0 Å². The van der Waals surface area contributed by atoms with Gasteiger partial charge in [0.1, 0.15) is 0 Å². The Bertz CT molecular complexity index is 1270. The summed E-state index contributed by atoms with van der Waals surface area (Å²) in [4.78, 5) is 12.9. The van der Waals surface area contributed by atoms with Crippen molar-refractivity contribution in [3.8, 4) is 0 Å². The number of para-hydroxylation sites is 1. The second kappa shape index (κ2) is 10.2. The lowest BCUT2D eigenvalue weighted by molar-refractivity contribution is 0.102. The number of amides is 1. The van der Waals surface area contributed by atoms with Gasteiger partial charge in [-0.05, 0) is 53.8 Å². The van der Waals surface area contributed by atoms with E-state index in [4.69, 9.17) is 23.2 Å². The Balaban J connectivity index is 1.84. The van der Waals surface area contributed by atoms with Gasteiger partial charge in [0.2, 0.25) is 10.0 Å². The molecule has 1 N–H and O–H groups in total. The highest BCUT2D eigenvalue weighted by atomic mass is 35.5. The van der Waals surface area contributed by atoms with Crippen LogP contribution < -0.4 is 9.62 Å². The predicted molar refractivity (Wildman–Crippen MR) is 137 cm³/mol. The van der Waals surface area contributed by atoms with E-state index in [0.29, 0.717) is 16.8 Å². The fraction of sp³-hybridized carbons (Fsp3) is 0.240. The van der Waals surface area contributed by atoms with Gasteiger partial charge in [0.05, 0.1) is 28.5 Å². The Hall–Kier alpha value is -2.54. The number of carbonyl (C=O) groups excluding carboxylic acids is 1. The molecule has 0 atom stereocenters. The van der Waals surface area contributed by atoms with E-state index in [2.05, 4.69) is 19.2 Å². The van der Waals surface area contributed by atoms with Gasteiger partial charge < -0.3 is 5.32 Å². The molecule has 0 aliphatic rings. The van der Waals surface area contributed by atoms with Crippen LogP contribution in [-0.2, 0) is 16.6 Å². The second-order valence-corrected chi connectivity index (χ2v) is 10.9. The van der Waals surface area contributed by atoms with Crippen molar-refractivity contribution in [1.82, 2.24) is 0 Å². The molecule has 5 nitrogen and oxygen atoms in total. The lowest BCUT2D eigenvalue weighted by Gasteiger charge is -2.24. The van der Waals surface area contributed by atoms with Gasteiger partial charge in [-0.3, -0.25) is 9.10 Å². The second-order valence-electron chi connectivity index (χ2n) is 8.19. The summed E-state index contributed by atoms with van der Waals surface area (Å²) in [6.07, 6.45) is 1.11. The predicted octanol–water partition coefficient (Wildman–Crippen LogP) is 6.64. The lowest BCUT2D eigenvalue weighted by atomic mass is 9.98. The van der Waals surface area contributed by atoms with Crippen LogP contribution in [0.25, 0.3) is 0 Å². The topological polar surface area (TPSA) is 66.5 Å². The molecule has 3 rings (SSSR count). The molecule has 1 amide bonds. The quantitative estimate of drug-likeness (QED) is 0.391. The Labute approximate surface area is 205 Å². The van der Waals surface area contributed by atoms with E-state index in [1.54, 1.807) is 42.5 Å². The number of hydrogen-bond acceptors (Lipinski definition) is 3. The summed E-state index contributed by atoms with van der Waals surface area (Å²) in [6.45, 7) is 6.18. The Kier molecular flexibility index (Phi) is 7.73. The van der Waals surface area contributed by atoms with Gasteiger partial charge in [0, 0.05) is 11.3 Å². The minimum atomic E-state index is -3.63. The molecule has 3 aromatic rings. The SMILES string of the molecule is Cc1cccc(C(C)C)c1NC(=O)c1ccc(CN(c2cccc(Cl)c2Cl)S(C)(=O)=O)cc1. The highest BCUT2D eigenvalue weighted by molar-refractivity contribution is 7.92. The first-order valence-electron chi connectivity index (χ1n) is 10.4. The molecular weight excluding hydrogens is 479 g/mol. The Morgan fingerprint density at radius 3 is 2.24 bits per heavy atom. The number of halogens is 2. The molecule has 0 radical (unpaired) electrons. The fourth-order valence-corrected chi connectivity index (χ4v) is 4.86. The maximum atomic E-state index is 12.9. The number of hydrogen-bond donors (Lipinski definition) is 1. The molecule has 8 heteroatoms. The monoisotopic (exact) mass is 504 g/mol. The van der Waals surface area contributed by atoms with Crippen molar-refractivity contribution in [2.45, 2.75) is 33.2 Å². The molecule has 0 aliphatic carbocycles. The van der Waals surface area contributed by atoms with Crippen LogP contribution in [0.4, 0.5) is 11.4 Å². The van der Waals surface area contributed by atoms with Crippen molar-refractivity contribution in [1.29, 1.82) is 0 Å². The van der Waals surface area contributed by atoms with Crippen LogP contribution >= 0.6 is 23.2 Å².